The zero-order valence-electron chi connectivity index (χ0n) is 6.04. The molecule has 0 spiro atoms. The Labute approximate surface area is 56.4 Å². The van der Waals surface area contributed by atoms with Crippen molar-refractivity contribution in [2.45, 2.75) is 25.4 Å². The Morgan fingerprint density at radius 2 is 2.22 bits per heavy atom. The first-order valence-electron chi connectivity index (χ1n) is 3.69. The smallest absolute Gasteiger partial charge is 0.0284 e. The fourth-order valence-electron chi connectivity index (χ4n) is 1.97. The van der Waals surface area contributed by atoms with E-state index in [0.29, 0.717) is 0 Å². The quantitative estimate of drug-likeness (QED) is 0.438. The van der Waals surface area contributed by atoms with Gasteiger partial charge in [-0.1, -0.05) is 12.2 Å². The van der Waals surface area contributed by atoms with Crippen LogP contribution < -0.4 is 0 Å². The fourth-order valence-corrected chi connectivity index (χ4v) is 1.97. The van der Waals surface area contributed by atoms with Crippen LogP contribution in [0.15, 0.2) is 12.2 Å². The molecule has 3 atom stereocenters. The van der Waals surface area contributed by atoms with E-state index in [9.17, 15) is 0 Å². The van der Waals surface area contributed by atoms with Gasteiger partial charge in [0.25, 0.3) is 0 Å². The maximum absolute atomic E-state index is 2.46. The fraction of sp³-hybridized carbons (Fsp3) is 0.750. The summed E-state index contributed by atoms with van der Waals surface area (Å²) in [6.07, 6.45) is 6.08. The number of rotatable bonds is 0. The van der Waals surface area contributed by atoms with Gasteiger partial charge in [0.15, 0.2) is 0 Å². The molecule has 1 heteroatoms. The van der Waals surface area contributed by atoms with Crippen LogP contribution in [0.1, 0.15) is 13.3 Å². The van der Waals surface area contributed by atoms with Crippen LogP contribution in [0.2, 0.25) is 0 Å². The minimum absolute atomic E-state index is 0.769. The van der Waals surface area contributed by atoms with E-state index in [-0.39, 0.29) is 0 Å². The van der Waals surface area contributed by atoms with Gasteiger partial charge in [-0.3, -0.25) is 4.90 Å². The Balaban J connectivity index is 2.26. The molecule has 3 unspecified atom stereocenters. The number of fused-ring (bicyclic) bond motifs is 2. The number of hydrogen-bond acceptors (Lipinski definition) is 1. The number of likely N-dealkylation sites (N-methyl/N-ethyl adjacent to an activating group) is 1. The number of hydrogen-bond donors (Lipinski definition) is 0. The maximum Gasteiger partial charge on any atom is 0.0284 e. The third-order valence-electron chi connectivity index (χ3n) is 2.88. The molecule has 0 aromatic carbocycles. The summed E-state index contributed by atoms with van der Waals surface area (Å²) in [7, 11) is 2.22. The summed E-state index contributed by atoms with van der Waals surface area (Å²) in [6.45, 7) is 2.31. The number of nitrogens with zero attached hydrogens (tertiary/aromatic N) is 1. The van der Waals surface area contributed by atoms with E-state index in [2.05, 4.69) is 31.0 Å². The summed E-state index contributed by atoms with van der Waals surface area (Å²) in [5, 5.41) is 0. The average molecular weight is 123 g/mol. The second-order valence-corrected chi connectivity index (χ2v) is 3.26. The second kappa shape index (κ2) is 1.60. The average Bonchev–Trinajstić information content (AvgIpc) is 2.37. The Kier molecular flexibility index (Phi) is 0.974. The molecule has 1 nitrogen and oxygen atoms in total. The third kappa shape index (κ3) is 0.584. The lowest BCUT2D eigenvalue weighted by molar-refractivity contribution is 0.264. The van der Waals surface area contributed by atoms with Crippen molar-refractivity contribution in [2.75, 3.05) is 7.05 Å². The highest BCUT2D eigenvalue weighted by Crippen LogP contribution is 2.35. The van der Waals surface area contributed by atoms with E-state index in [1.54, 1.807) is 0 Å². The molecule has 1 fully saturated rings. The predicted octanol–water partition coefficient (Wildman–Crippen LogP) is 1.27. The molecule has 1 aliphatic carbocycles. The first-order chi connectivity index (χ1) is 4.29. The van der Waals surface area contributed by atoms with Gasteiger partial charge < -0.3 is 0 Å². The highest BCUT2D eigenvalue weighted by Gasteiger charge is 2.36. The van der Waals surface area contributed by atoms with Crippen molar-refractivity contribution < 1.29 is 0 Å². The first-order valence-corrected chi connectivity index (χ1v) is 3.69. The van der Waals surface area contributed by atoms with E-state index >= 15 is 0 Å². The maximum atomic E-state index is 2.46. The van der Waals surface area contributed by atoms with Crippen LogP contribution in [0, 0.1) is 5.92 Å². The van der Waals surface area contributed by atoms with E-state index in [0.717, 1.165) is 18.0 Å². The van der Waals surface area contributed by atoms with Crippen molar-refractivity contribution in [1.82, 2.24) is 4.90 Å². The Hall–Kier alpha value is -0.300. The summed E-state index contributed by atoms with van der Waals surface area (Å²) in [5.74, 6) is 0.861. The van der Waals surface area contributed by atoms with Crippen molar-refractivity contribution in [1.29, 1.82) is 0 Å². The van der Waals surface area contributed by atoms with Gasteiger partial charge in [-0.15, -0.1) is 0 Å². The van der Waals surface area contributed by atoms with Crippen LogP contribution in [0.25, 0.3) is 0 Å². The van der Waals surface area contributed by atoms with Crippen LogP contribution in [-0.4, -0.2) is 24.0 Å². The van der Waals surface area contributed by atoms with Gasteiger partial charge in [-0.25, -0.2) is 0 Å². The molecule has 1 aliphatic heterocycles. The monoisotopic (exact) mass is 123 g/mol. The van der Waals surface area contributed by atoms with Crippen molar-refractivity contribution in [3.05, 3.63) is 12.2 Å². The minimum Gasteiger partial charge on any atom is -0.297 e. The SMILES string of the molecule is CC1C2C=CC(C2)N1C. The zero-order valence-corrected chi connectivity index (χ0v) is 6.04. The third-order valence-corrected chi connectivity index (χ3v) is 2.88. The van der Waals surface area contributed by atoms with Crippen molar-refractivity contribution >= 4 is 0 Å². The van der Waals surface area contributed by atoms with Crippen LogP contribution in [0.4, 0.5) is 0 Å². The minimum atomic E-state index is 0.769. The van der Waals surface area contributed by atoms with E-state index < -0.39 is 0 Å². The van der Waals surface area contributed by atoms with Crippen molar-refractivity contribution in [3.63, 3.8) is 0 Å². The van der Waals surface area contributed by atoms with Crippen molar-refractivity contribution in [3.8, 4) is 0 Å². The molecular formula is C8H13N. The molecule has 0 aromatic rings. The summed E-state index contributed by atoms with van der Waals surface area (Å²) in [4.78, 5) is 2.46. The zero-order chi connectivity index (χ0) is 6.43. The lowest BCUT2D eigenvalue weighted by Crippen LogP contribution is -2.32. The van der Waals surface area contributed by atoms with Gasteiger partial charge in [0.05, 0.1) is 0 Å². The van der Waals surface area contributed by atoms with Crippen LogP contribution in [0.3, 0.4) is 0 Å². The molecule has 2 aliphatic rings. The van der Waals surface area contributed by atoms with E-state index in [1.165, 1.54) is 6.42 Å². The van der Waals surface area contributed by atoms with Gasteiger partial charge in [0, 0.05) is 12.1 Å². The van der Waals surface area contributed by atoms with Gasteiger partial charge in [0.1, 0.15) is 0 Å². The molecule has 0 aromatic heterocycles. The Bertz CT molecular complexity index is 135. The molecule has 0 N–H and O–H groups in total. The second-order valence-electron chi connectivity index (χ2n) is 3.26. The first kappa shape index (κ1) is 5.48. The van der Waals surface area contributed by atoms with Crippen LogP contribution in [-0.2, 0) is 0 Å². The Morgan fingerprint density at radius 1 is 1.44 bits per heavy atom. The molecule has 1 heterocycles. The lowest BCUT2D eigenvalue weighted by Gasteiger charge is -2.24. The van der Waals surface area contributed by atoms with Gasteiger partial charge >= 0.3 is 0 Å². The van der Waals surface area contributed by atoms with E-state index in [4.69, 9.17) is 0 Å². The highest BCUT2D eigenvalue weighted by molar-refractivity contribution is 5.15. The molecule has 50 valence electrons. The standard InChI is InChI=1S/C8H13N/c1-6-7-3-4-8(5-7)9(6)2/h3-4,6-8H,5H2,1-2H3. The van der Waals surface area contributed by atoms with Gasteiger partial charge in [-0.05, 0) is 26.3 Å². The van der Waals surface area contributed by atoms with Crippen molar-refractivity contribution in [2.24, 2.45) is 5.92 Å². The largest absolute Gasteiger partial charge is 0.297 e. The van der Waals surface area contributed by atoms with Crippen LogP contribution >= 0.6 is 0 Å². The molecule has 1 saturated heterocycles. The molecular weight excluding hydrogens is 110 g/mol. The molecule has 9 heavy (non-hydrogen) atoms. The number of likely N-dealkylation sites (tertiary alicyclic amines) is 1. The van der Waals surface area contributed by atoms with E-state index in [1.807, 2.05) is 0 Å². The molecule has 2 rings (SSSR count). The molecule has 0 amide bonds. The van der Waals surface area contributed by atoms with Gasteiger partial charge in [0.2, 0.25) is 0 Å². The van der Waals surface area contributed by atoms with Crippen LogP contribution in [0.5, 0.6) is 0 Å². The topological polar surface area (TPSA) is 3.24 Å². The molecule has 0 saturated carbocycles. The molecule has 2 bridgehead atoms. The highest BCUT2D eigenvalue weighted by atomic mass is 15.2. The molecule has 0 radical (unpaired) electrons. The Morgan fingerprint density at radius 3 is 2.56 bits per heavy atom. The van der Waals surface area contributed by atoms with Gasteiger partial charge in [-0.2, -0.15) is 0 Å². The lowest BCUT2D eigenvalue weighted by atomic mass is 10.1. The summed E-state index contributed by atoms with van der Waals surface area (Å²) < 4.78 is 0. The predicted molar refractivity (Wildman–Crippen MR) is 38.3 cm³/mol. The summed E-state index contributed by atoms with van der Waals surface area (Å²) in [6, 6.07) is 1.56. The summed E-state index contributed by atoms with van der Waals surface area (Å²) >= 11 is 0. The normalized spacial score (nSPS) is 48.9. The summed E-state index contributed by atoms with van der Waals surface area (Å²) in [5.41, 5.74) is 0.